The van der Waals surface area contributed by atoms with Crippen LogP contribution in [-0.4, -0.2) is 69.4 Å². The number of aromatic nitrogens is 2. The molecule has 4 atom stereocenters. The fraction of sp³-hybridized carbons (Fsp3) is 0.667. The van der Waals surface area contributed by atoms with Crippen molar-refractivity contribution in [2.45, 2.75) is 89.3 Å². The summed E-state index contributed by atoms with van der Waals surface area (Å²) >= 11 is 0. The van der Waals surface area contributed by atoms with Gasteiger partial charge in [0.15, 0.2) is 0 Å². The molecule has 0 radical (unpaired) electrons. The predicted octanol–water partition coefficient (Wildman–Crippen LogP) is 4.93. The number of hydrogen-bond acceptors (Lipinski definition) is 4. The summed E-state index contributed by atoms with van der Waals surface area (Å²) in [4.78, 5) is 16.8. The van der Waals surface area contributed by atoms with Gasteiger partial charge in [0.25, 0.3) is 0 Å². The van der Waals surface area contributed by atoms with Gasteiger partial charge in [-0.2, -0.15) is 5.10 Å². The molecular formula is C30H43FN4O2. The van der Waals surface area contributed by atoms with Crippen molar-refractivity contribution in [3.63, 3.8) is 0 Å². The van der Waals surface area contributed by atoms with E-state index >= 15 is 0 Å². The van der Waals surface area contributed by atoms with Crippen molar-refractivity contribution >= 4 is 5.97 Å². The van der Waals surface area contributed by atoms with E-state index in [1.54, 1.807) is 6.07 Å². The zero-order valence-electron chi connectivity index (χ0n) is 22.9. The van der Waals surface area contributed by atoms with Crippen LogP contribution in [0.15, 0.2) is 30.3 Å². The highest BCUT2D eigenvalue weighted by Gasteiger charge is 2.45. The van der Waals surface area contributed by atoms with Gasteiger partial charge in [-0.25, -0.2) is 4.39 Å². The highest BCUT2D eigenvalue weighted by molar-refractivity contribution is 5.73. The average Bonchev–Trinajstić information content (AvgIpc) is 3.55. The first-order valence-electron chi connectivity index (χ1n) is 14.2. The van der Waals surface area contributed by atoms with Gasteiger partial charge < -0.3 is 10.0 Å². The van der Waals surface area contributed by atoms with Crippen molar-refractivity contribution in [1.29, 1.82) is 0 Å². The molecule has 202 valence electrons. The number of carbonyl (C=O) groups is 1. The molecule has 1 saturated heterocycles. The first kappa shape index (κ1) is 26.4. The van der Waals surface area contributed by atoms with E-state index < -0.39 is 12.0 Å². The van der Waals surface area contributed by atoms with Crippen molar-refractivity contribution in [2.24, 2.45) is 11.8 Å². The molecule has 3 heterocycles. The number of likely N-dealkylation sites (tertiary alicyclic amines) is 1. The summed E-state index contributed by atoms with van der Waals surface area (Å²) in [5.74, 6) is -0.304. The monoisotopic (exact) mass is 510 g/mol. The lowest BCUT2D eigenvalue weighted by Crippen LogP contribution is -2.47. The molecule has 1 saturated carbocycles. The Morgan fingerprint density at radius 2 is 1.92 bits per heavy atom. The number of aliphatic carboxylic acids is 1. The molecule has 5 rings (SSSR count). The molecule has 37 heavy (non-hydrogen) atoms. The van der Waals surface area contributed by atoms with E-state index in [0.717, 1.165) is 63.8 Å². The second-order valence-corrected chi connectivity index (χ2v) is 12.2. The van der Waals surface area contributed by atoms with E-state index in [0.29, 0.717) is 5.92 Å². The van der Waals surface area contributed by atoms with Crippen molar-refractivity contribution in [1.82, 2.24) is 19.6 Å². The van der Waals surface area contributed by atoms with Gasteiger partial charge in [0.05, 0.1) is 5.69 Å². The molecule has 1 aromatic heterocycles. The van der Waals surface area contributed by atoms with Crippen LogP contribution in [0.3, 0.4) is 0 Å². The standard InChI is InChI=1S/C30H43FN4O2/c1-5-24-17-27-30(11-14-35(27)32-24)9-12-34(13-10-30)19-22-16-25(33(4)28(20(2)3)29(36)37)18-26(22)21-7-6-8-23(31)15-21/h6-8,15,17,20,22,25-26,28H,5,9-14,16,18-19H2,1-4H3,(H,36,37)/t22-,25+,26-,28?/m1/s1. The maximum Gasteiger partial charge on any atom is 0.321 e. The van der Waals surface area contributed by atoms with Crippen LogP contribution in [-0.2, 0) is 23.2 Å². The van der Waals surface area contributed by atoms with Gasteiger partial charge in [0.2, 0.25) is 0 Å². The Balaban J connectivity index is 1.30. The average molecular weight is 511 g/mol. The second-order valence-electron chi connectivity index (χ2n) is 12.2. The lowest BCUT2D eigenvalue weighted by atomic mass is 9.74. The minimum Gasteiger partial charge on any atom is -0.480 e. The number of hydrogen-bond donors (Lipinski definition) is 1. The molecule has 2 aromatic rings. The minimum atomic E-state index is -0.758. The van der Waals surface area contributed by atoms with Gasteiger partial charge in [-0.15, -0.1) is 0 Å². The molecule has 7 heteroatoms. The maximum absolute atomic E-state index is 14.2. The Morgan fingerprint density at radius 3 is 2.57 bits per heavy atom. The van der Waals surface area contributed by atoms with Crippen molar-refractivity contribution in [2.75, 3.05) is 26.7 Å². The molecule has 2 fully saturated rings. The molecule has 1 unspecified atom stereocenters. The summed E-state index contributed by atoms with van der Waals surface area (Å²) in [6.07, 6.45) is 6.33. The summed E-state index contributed by atoms with van der Waals surface area (Å²) in [7, 11) is 1.97. The van der Waals surface area contributed by atoms with E-state index in [-0.39, 0.29) is 29.1 Å². The molecule has 3 aliphatic rings. The third kappa shape index (κ3) is 5.09. The summed E-state index contributed by atoms with van der Waals surface area (Å²) in [5, 5.41) is 14.7. The van der Waals surface area contributed by atoms with Crippen LogP contribution < -0.4 is 0 Å². The number of rotatable bonds is 8. The van der Waals surface area contributed by atoms with Crippen LogP contribution in [0.1, 0.15) is 75.7 Å². The quantitative estimate of drug-likeness (QED) is 0.546. The van der Waals surface area contributed by atoms with Crippen LogP contribution >= 0.6 is 0 Å². The number of aryl methyl sites for hydroxylation is 2. The Morgan fingerprint density at radius 1 is 1.19 bits per heavy atom. The van der Waals surface area contributed by atoms with Crippen molar-refractivity contribution in [3.05, 3.63) is 53.1 Å². The molecule has 1 aromatic carbocycles. The van der Waals surface area contributed by atoms with Crippen LogP contribution in [0, 0.1) is 17.7 Å². The minimum absolute atomic E-state index is 0.0283. The lowest BCUT2D eigenvalue weighted by molar-refractivity contribution is -0.145. The van der Waals surface area contributed by atoms with Gasteiger partial charge in [-0.3, -0.25) is 14.4 Å². The number of piperidine rings is 1. The van der Waals surface area contributed by atoms with Gasteiger partial charge in [-0.05, 0) is 100 Å². The SMILES string of the molecule is CCc1cc2n(n1)CCC21CCN(C[C@H]2C[C@H](N(C)C(C(=O)O)C(C)C)C[C@@H]2c2cccc(F)c2)CC1. The number of halogens is 1. The topological polar surface area (TPSA) is 61.6 Å². The van der Waals surface area contributed by atoms with E-state index in [2.05, 4.69) is 33.5 Å². The first-order chi connectivity index (χ1) is 17.7. The van der Waals surface area contributed by atoms with Crippen molar-refractivity contribution < 1.29 is 14.3 Å². The molecule has 2 aliphatic heterocycles. The van der Waals surface area contributed by atoms with Crippen LogP contribution in [0.4, 0.5) is 4.39 Å². The highest BCUT2D eigenvalue weighted by Crippen LogP contribution is 2.46. The summed E-state index contributed by atoms with van der Waals surface area (Å²) < 4.78 is 16.5. The number of likely N-dealkylation sites (N-methyl/N-ethyl adjacent to an activating group) is 1. The molecule has 0 bridgehead atoms. The summed E-state index contributed by atoms with van der Waals surface area (Å²) in [6.45, 7) is 10.3. The number of benzene rings is 1. The zero-order valence-corrected chi connectivity index (χ0v) is 22.9. The highest BCUT2D eigenvalue weighted by atomic mass is 19.1. The largest absolute Gasteiger partial charge is 0.480 e. The molecule has 1 aliphatic carbocycles. The van der Waals surface area contributed by atoms with Crippen molar-refractivity contribution in [3.8, 4) is 0 Å². The van der Waals surface area contributed by atoms with Crippen LogP contribution in [0.2, 0.25) is 0 Å². The number of nitrogens with zero attached hydrogens (tertiary/aromatic N) is 4. The normalized spacial score (nSPS) is 26.3. The van der Waals surface area contributed by atoms with Crippen LogP contribution in [0.25, 0.3) is 0 Å². The van der Waals surface area contributed by atoms with E-state index in [1.807, 2.05) is 27.0 Å². The number of carboxylic acid groups (broad SMARTS) is 1. The summed E-state index contributed by atoms with van der Waals surface area (Å²) in [6, 6.07) is 9.07. The second kappa shape index (κ2) is 10.5. The van der Waals surface area contributed by atoms with Gasteiger partial charge in [-0.1, -0.05) is 32.9 Å². The fourth-order valence-corrected chi connectivity index (χ4v) is 7.62. The molecular weight excluding hydrogens is 467 g/mol. The van der Waals surface area contributed by atoms with Gasteiger partial charge in [0.1, 0.15) is 11.9 Å². The predicted molar refractivity (Wildman–Crippen MR) is 143 cm³/mol. The molecule has 6 nitrogen and oxygen atoms in total. The third-order valence-electron chi connectivity index (χ3n) is 9.69. The van der Waals surface area contributed by atoms with Gasteiger partial charge >= 0.3 is 5.97 Å². The Bertz CT molecular complexity index is 1110. The fourth-order valence-electron chi connectivity index (χ4n) is 7.62. The molecule has 1 spiro atoms. The first-order valence-corrected chi connectivity index (χ1v) is 14.2. The van der Waals surface area contributed by atoms with Gasteiger partial charge in [0, 0.05) is 30.2 Å². The maximum atomic E-state index is 14.2. The number of fused-ring (bicyclic) bond motifs is 2. The lowest BCUT2D eigenvalue weighted by Gasteiger charge is -2.40. The number of carboxylic acids is 1. The summed E-state index contributed by atoms with van der Waals surface area (Å²) in [5.41, 5.74) is 3.97. The third-order valence-corrected chi connectivity index (χ3v) is 9.69. The Kier molecular flexibility index (Phi) is 7.47. The van der Waals surface area contributed by atoms with E-state index in [9.17, 15) is 14.3 Å². The Hall–Kier alpha value is -2.25. The smallest absolute Gasteiger partial charge is 0.321 e. The van der Waals surface area contributed by atoms with E-state index in [4.69, 9.17) is 5.10 Å². The molecule has 1 N–H and O–H groups in total. The zero-order chi connectivity index (χ0) is 26.3. The van der Waals surface area contributed by atoms with E-state index in [1.165, 1.54) is 23.9 Å². The molecule has 0 amide bonds. The Labute approximate surface area is 220 Å². The van der Waals surface area contributed by atoms with Crippen LogP contribution in [0.5, 0.6) is 0 Å².